The molecule has 0 aliphatic carbocycles. The monoisotopic (exact) mass is 246 g/mol. The molecule has 0 bridgehead atoms. The van der Waals surface area contributed by atoms with Crippen molar-refractivity contribution >= 4 is 5.97 Å². The molecule has 1 rings (SSSR count). The van der Waals surface area contributed by atoms with Crippen LogP contribution in [0.1, 0.15) is 22.8 Å². The standard InChI is InChI=1S/C11H12F2O4/c1-11(12,13)7-5-9(17-3)8(16-2)4-6(7)10(14)15/h4-5H,1-3H3,(H,14,15). The predicted molar refractivity (Wildman–Crippen MR) is 56.1 cm³/mol. The van der Waals surface area contributed by atoms with Crippen molar-refractivity contribution in [1.29, 1.82) is 0 Å². The zero-order valence-electron chi connectivity index (χ0n) is 9.58. The van der Waals surface area contributed by atoms with Crippen molar-refractivity contribution in [3.8, 4) is 11.5 Å². The van der Waals surface area contributed by atoms with Gasteiger partial charge in [0, 0.05) is 12.5 Å². The Hall–Kier alpha value is -1.85. The largest absolute Gasteiger partial charge is 0.493 e. The van der Waals surface area contributed by atoms with Crippen LogP contribution in [0, 0.1) is 0 Å². The van der Waals surface area contributed by atoms with E-state index in [-0.39, 0.29) is 11.5 Å². The molecule has 0 atom stereocenters. The van der Waals surface area contributed by atoms with Gasteiger partial charge in [-0.3, -0.25) is 0 Å². The van der Waals surface area contributed by atoms with Crippen molar-refractivity contribution in [1.82, 2.24) is 0 Å². The van der Waals surface area contributed by atoms with E-state index in [1.165, 1.54) is 14.2 Å². The van der Waals surface area contributed by atoms with Crippen molar-refractivity contribution in [2.75, 3.05) is 14.2 Å². The third-order valence-corrected chi connectivity index (χ3v) is 2.23. The summed E-state index contributed by atoms with van der Waals surface area (Å²) in [5, 5.41) is 8.88. The van der Waals surface area contributed by atoms with E-state index < -0.39 is 23.0 Å². The number of aromatic carboxylic acids is 1. The minimum absolute atomic E-state index is 0.0639. The number of benzene rings is 1. The fourth-order valence-corrected chi connectivity index (χ4v) is 1.42. The number of rotatable bonds is 4. The van der Waals surface area contributed by atoms with Crippen molar-refractivity contribution in [3.05, 3.63) is 23.3 Å². The van der Waals surface area contributed by atoms with Crippen LogP contribution in [0.2, 0.25) is 0 Å². The molecule has 0 fully saturated rings. The molecule has 0 aromatic heterocycles. The molecular formula is C11H12F2O4. The molecule has 6 heteroatoms. The fourth-order valence-electron chi connectivity index (χ4n) is 1.42. The first kappa shape index (κ1) is 13.2. The minimum Gasteiger partial charge on any atom is -0.493 e. The molecule has 0 heterocycles. The zero-order valence-corrected chi connectivity index (χ0v) is 9.58. The van der Waals surface area contributed by atoms with E-state index in [2.05, 4.69) is 0 Å². The normalized spacial score (nSPS) is 11.1. The summed E-state index contributed by atoms with van der Waals surface area (Å²) in [5.41, 5.74) is -1.11. The minimum atomic E-state index is -3.27. The van der Waals surface area contributed by atoms with Crippen LogP contribution in [-0.4, -0.2) is 25.3 Å². The number of methoxy groups -OCH3 is 2. The molecule has 0 aliphatic heterocycles. The molecule has 1 N–H and O–H groups in total. The van der Waals surface area contributed by atoms with Crippen molar-refractivity contribution in [3.63, 3.8) is 0 Å². The van der Waals surface area contributed by atoms with E-state index in [1.807, 2.05) is 0 Å². The van der Waals surface area contributed by atoms with Crippen LogP contribution in [0.25, 0.3) is 0 Å². The molecular weight excluding hydrogens is 234 g/mol. The van der Waals surface area contributed by atoms with Crippen LogP contribution in [-0.2, 0) is 5.92 Å². The summed E-state index contributed by atoms with van der Waals surface area (Å²) in [5.74, 6) is -4.55. The van der Waals surface area contributed by atoms with Gasteiger partial charge in [0.05, 0.1) is 19.8 Å². The first-order valence-corrected chi connectivity index (χ1v) is 4.69. The quantitative estimate of drug-likeness (QED) is 0.886. The third-order valence-electron chi connectivity index (χ3n) is 2.23. The van der Waals surface area contributed by atoms with Gasteiger partial charge >= 0.3 is 5.97 Å². The topological polar surface area (TPSA) is 55.8 Å². The molecule has 0 radical (unpaired) electrons. The van der Waals surface area contributed by atoms with Gasteiger partial charge in [0.15, 0.2) is 11.5 Å². The fraction of sp³-hybridized carbons (Fsp3) is 0.364. The van der Waals surface area contributed by atoms with Gasteiger partial charge in [0.2, 0.25) is 0 Å². The lowest BCUT2D eigenvalue weighted by Crippen LogP contribution is -2.14. The number of carboxylic acids is 1. The van der Waals surface area contributed by atoms with Crippen molar-refractivity contribution < 1.29 is 28.2 Å². The van der Waals surface area contributed by atoms with Crippen molar-refractivity contribution in [2.24, 2.45) is 0 Å². The maximum absolute atomic E-state index is 13.3. The highest BCUT2D eigenvalue weighted by molar-refractivity contribution is 5.90. The second-order valence-corrected chi connectivity index (χ2v) is 3.45. The van der Waals surface area contributed by atoms with Gasteiger partial charge in [-0.05, 0) is 12.1 Å². The third kappa shape index (κ3) is 2.64. The van der Waals surface area contributed by atoms with E-state index in [1.54, 1.807) is 0 Å². The van der Waals surface area contributed by atoms with Gasteiger partial charge in [-0.25, -0.2) is 13.6 Å². The summed E-state index contributed by atoms with van der Waals surface area (Å²) in [6.45, 7) is 0.626. The second-order valence-electron chi connectivity index (χ2n) is 3.45. The first-order chi connectivity index (χ1) is 7.81. The molecule has 17 heavy (non-hydrogen) atoms. The lowest BCUT2D eigenvalue weighted by atomic mass is 10.0. The molecule has 0 amide bonds. The number of ether oxygens (including phenoxy) is 2. The molecule has 0 saturated carbocycles. The lowest BCUT2D eigenvalue weighted by Gasteiger charge is -2.17. The second kappa shape index (κ2) is 4.57. The number of hydrogen-bond donors (Lipinski definition) is 1. The summed E-state index contributed by atoms with van der Waals surface area (Å²) in [7, 11) is 2.59. The molecule has 0 saturated heterocycles. The van der Waals surface area contributed by atoms with E-state index in [0.29, 0.717) is 6.92 Å². The van der Waals surface area contributed by atoms with Gasteiger partial charge in [-0.1, -0.05) is 0 Å². The predicted octanol–water partition coefficient (Wildman–Crippen LogP) is 2.51. The van der Waals surface area contributed by atoms with E-state index in [0.717, 1.165) is 12.1 Å². The van der Waals surface area contributed by atoms with Crippen LogP contribution in [0.15, 0.2) is 12.1 Å². The smallest absolute Gasteiger partial charge is 0.336 e. The summed E-state index contributed by atoms with van der Waals surface area (Å²) in [6.07, 6.45) is 0. The summed E-state index contributed by atoms with van der Waals surface area (Å²) in [4.78, 5) is 10.9. The summed E-state index contributed by atoms with van der Waals surface area (Å²) < 4.78 is 36.3. The van der Waals surface area contributed by atoms with Crippen LogP contribution < -0.4 is 9.47 Å². The molecule has 1 aromatic carbocycles. The first-order valence-electron chi connectivity index (χ1n) is 4.69. The Bertz CT molecular complexity index is 438. The Morgan fingerprint density at radius 1 is 1.24 bits per heavy atom. The number of alkyl halides is 2. The average Bonchev–Trinajstić information content (AvgIpc) is 2.25. The number of halogens is 2. The van der Waals surface area contributed by atoms with E-state index >= 15 is 0 Å². The highest BCUT2D eigenvalue weighted by Gasteiger charge is 2.31. The Balaban J connectivity index is 3.52. The molecule has 0 spiro atoms. The molecule has 4 nitrogen and oxygen atoms in total. The SMILES string of the molecule is COc1cc(C(=O)O)c(C(C)(F)F)cc1OC. The van der Waals surface area contributed by atoms with E-state index in [9.17, 15) is 13.6 Å². The summed E-state index contributed by atoms with van der Waals surface area (Å²) in [6, 6.07) is 2.00. The van der Waals surface area contributed by atoms with Gasteiger partial charge < -0.3 is 14.6 Å². The Labute approximate surface area is 96.8 Å². The maximum Gasteiger partial charge on any atom is 0.336 e. The number of hydrogen-bond acceptors (Lipinski definition) is 3. The molecule has 1 aromatic rings. The Kier molecular flexibility index (Phi) is 3.55. The molecule has 0 aliphatic rings. The van der Waals surface area contributed by atoms with Gasteiger partial charge in [-0.2, -0.15) is 0 Å². The van der Waals surface area contributed by atoms with Gasteiger partial charge in [0.25, 0.3) is 5.92 Å². The Morgan fingerprint density at radius 3 is 2.06 bits per heavy atom. The van der Waals surface area contributed by atoms with Gasteiger partial charge in [0.1, 0.15) is 0 Å². The van der Waals surface area contributed by atoms with Crippen LogP contribution >= 0.6 is 0 Å². The number of carboxylic acid groups (broad SMARTS) is 1. The maximum atomic E-state index is 13.3. The summed E-state index contributed by atoms with van der Waals surface area (Å²) >= 11 is 0. The molecule has 0 unspecified atom stereocenters. The van der Waals surface area contributed by atoms with E-state index in [4.69, 9.17) is 14.6 Å². The lowest BCUT2D eigenvalue weighted by molar-refractivity contribution is 0.0151. The average molecular weight is 246 g/mol. The van der Waals surface area contributed by atoms with Crippen LogP contribution in [0.5, 0.6) is 11.5 Å². The number of carbonyl (C=O) groups is 1. The van der Waals surface area contributed by atoms with Crippen molar-refractivity contribution in [2.45, 2.75) is 12.8 Å². The highest BCUT2D eigenvalue weighted by atomic mass is 19.3. The Morgan fingerprint density at radius 2 is 1.71 bits per heavy atom. The van der Waals surface area contributed by atoms with Crippen LogP contribution in [0.3, 0.4) is 0 Å². The highest BCUT2D eigenvalue weighted by Crippen LogP contribution is 2.37. The van der Waals surface area contributed by atoms with Crippen LogP contribution in [0.4, 0.5) is 8.78 Å². The van der Waals surface area contributed by atoms with Gasteiger partial charge in [-0.15, -0.1) is 0 Å². The molecule has 94 valence electrons. The zero-order chi connectivity index (χ0) is 13.2.